The van der Waals surface area contributed by atoms with Gasteiger partial charge in [0, 0.05) is 24.5 Å². The maximum absolute atomic E-state index is 12.8. The smallest absolute Gasteiger partial charge is 0.255 e. The van der Waals surface area contributed by atoms with Gasteiger partial charge in [-0.05, 0) is 80.5 Å². The molecule has 8 heteroatoms. The number of hydrogen-bond donors (Lipinski definition) is 2. The van der Waals surface area contributed by atoms with Gasteiger partial charge in [0.2, 0.25) is 0 Å². The summed E-state index contributed by atoms with van der Waals surface area (Å²) >= 11 is 0. The number of nitrogen functional groups attached to an aromatic ring is 1. The van der Waals surface area contributed by atoms with E-state index >= 15 is 0 Å². The molecular weight excluding hydrogens is 474 g/mol. The number of nitrogens with zero attached hydrogens (tertiary/aromatic N) is 5. The van der Waals surface area contributed by atoms with Gasteiger partial charge in [0.25, 0.3) is 5.91 Å². The van der Waals surface area contributed by atoms with Crippen LogP contribution in [0.1, 0.15) is 40.2 Å². The van der Waals surface area contributed by atoms with Crippen LogP contribution < -0.4 is 11.1 Å². The van der Waals surface area contributed by atoms with Crippen molar-refractivity contribution in [3.8, 4) is 11.4 Å². The van der Waals surface area contributed by atoms with Crippen molar-refractivity contribution in [1.29, 1.82) is 0 Å². The van der Waals surface area contributed by atoms with Gasteiger partial charge in [-0.15, -0.1) is 0 Å². The molecule has 3 heterocycles. The van der Waals surface area contributed by atoms with E-state index in [1.165, 1.54) is 5.56 Å². The highest BCUT2D eigenvalue weighted by molar-refractivity contribution is 6.05. The molecule has 1 fully saturated rings. The molecule has 1 aliphatic carbocycles. The highest BCUT2D eigenvalue weighted by atomic mass is 16.1. The van der Waals surface area contributed by atoms with Crippen LogP contribution in [0.15, 0.2) is 85.3 Å². The number of para-hydroxylation sites is 2. The lowest BCUT2D eigenvalue weighted by molar-refractivity contribution is 0.102. The summed E-state index contributed by atoms with van der Waals surface area (Å²) in [6, 6.07) is 21.1. The number of anilines is 2. The maximum atomic E-state index is 12.8. The van der Waals surface area contributed by atoms with Gasteiger partial charge in [-0.25, -0.2) is 15.0 Å². The van der Waals surface area contributed by atoms with Gasteiger partial charge >= 0.3 is 0 Å². The Hall–Kier alpha value is -4.56. The number of benzene rings is 2. The number of imidazole rings is 1. The molecule has 1 amide bonds. The van der Waals surface area contributed by atoms with Crippen molar-refractivity contribution in [1.82, 2.24) is 24.3 Å². The van der Waals surface area contributed by atoms with Gasteiger partial charge in [0.1, 0.15) is 11.5 Å². The first-order valence-electron chi connectivity index (χ1n) is 12.6. The molecule has 5 aromatic rings. The first-order chi connectivity index (χ1) is 18.4. The molecule has 0 radical (unpaired) electrons. The molecular formula is C30H29N7O. The Bertz CT molecular complexity index is 1630. The van der Waals surface area contributed by atoms with Crippen LogP contribution in [0.25, 0.3) is 17.0 Å². The lowest BCUT2D eigenvalue weighted by Gasteiger charge is -2.16. The van der Waals surface area contributed by atoms with E-state index in [-0.39, 0.29) is 11.3 Å². The maximum Gasteiger partial charge on any atom is 0.255 e. The van der Waals surface area contributed by atoms with Crippen molar-refractivity contribution >= 4 is 22.9 Å². The van der Waals surface area contributed by atoms with E-state index in [0.717, 1.165) is 47.8 Å². The number of carbonyl (C=O) groups is 1. The third-order valence-corrected chi connectivity index (χ3v) is 7.08. The van der Waals surface area contributed by atoms with Crippen LogP contribution >= 0.6 is 0 Å². The molecule has 0 spiro atoms. The minimum atomic E-state index is -0.242. The van der Waals surface area contributed by atoms with E-state index in [0.29, 0.717) is 16.9 Å². The fraction of sp³-hybridized carbons (Fsp3) is 0.200. The third kappa shape index (κ3) is 4.39. The van der Waals surface area contributed by atoms with Gasteiger partial charge in [0.05, 0.1) is 34.4 Å². The minimum Gasteiger partial charge on any atom is -0.397 e. The number of aromatic nitrogens is 4. The second-order valence-corrected chi connectivity index (χ2v) is 10.1. The number of hydrogen-bond acceptors (Lipinski definition) is 6. The van der Waals surface area contributed by atoms with Gasteiger partial charge in [-0.1, -0.05) is 24.3 Å². The molecule has 0 bridgehead atoms. The Labute approximate surface area is 221 Å². The first-order valence-corrected chi connectivity index (χ1v) is 12.6. The van der Waals surface area contributed by atoms with Crippen LogP contribution in [0.5, 0.6) is 0 Å². The van der Waals surface area contributed by atoms with Crippen LogP contribution in [0.4, 0.5) is 11.4 Å². The van der Waals surface area contributed by atoms with Crippen LogP contribution in [0.2, 0.25) is 0 Å². The van der Waals surface area contributed by atoms with Crippen LogP contribution in [0.3, 0.4) is 0 Å². The Balaban J connectivity index is 1.25. The highest BCUT2D eigenvalue weighted by Crippen LogP contribution is 2.52. The van der Waals surface area contributed by atoms with Crippen LogP contribution in [-0.2, 0) is 12.0 Å². The van der Waals surface area contributed by atoms with E-state index in [4.69, 9.17) is 10.7 Å². The summed E-state index contributed by atoms with van der Waals surface area (Å²) < 4.78 is 2.07. The van der Waals surface area contributed by atoms with Gasteiger partial charge in [0.15, 0.2) is 0 Å². The largest absolute Gasteiger partial charge is 0.397 e. The SMILES string of the molecule is CN(C)Cc1ccn2c(-c3ccnc(C4(c5ccc(C(=O)Nc6ccccc6N)cc5)CC4)n3)cnc2c1. The highest BCUT2D eigenvalue weighted by Gasteiger charge is 2.48. The lowest BCUT2D eigenvalue weighted by Crippen LogP contribution is -2.16. The standard InChI is InChI=1S/C30H29N7O/c1-36(2)19-20-12-16-37-26(18-33-27(37)17-20)25-11-15-32-29(35-25)30(13-14-30)22-9-7-21(8-10-22)28(38)34-24-6-4-3-5-23(24)31/h3-12,15-18H,13-14,19,31H2,1-2H3,(H,34,38). The van der Waals surface area contributed by atoms with Crippen LogP contribution in [0, 0.1) is 0 Å². The number of pyridine rings is 1. The number of amides is 1. The molecule has 3 N–H and O–H groups in total. The van der Waals surface area contributed by atoms with Crippen molar-refractivity contribution in [2.45, 2.75) is 24.8 Å². The number of rotatable bonds is 7. The van der Waals surface area contributed by atoms with Crippen molar-refractivity contribution in [2.24, 2.45) is 0 Å². The van der Waals surface area contributed by atoms with Crippen molar-refractivity contribution in [3.63, 3.8) is 0 Å². The van der Waals surface area contributed by atoms with E-state index in [9.17, 15) is 4.79 Å². The predicted octanol–water partition coefficient (Wildman–Crippen LogP) is 4.77. The van der Waals surface area contributed by atoms with E-state index < -0.39 is 0 Å². The first kappa shape index (κ1) is 23.8. The van der Waals surface area contributed by atoms with E-state index in [1.54, 1.807) is 12.1 Å². The Kier molecular flexibility index (Phi) is 5.88. The Morgan fingerprint density at radius 2 is 1.84 bits per heavy atom. The van der Waals surface area contributed by atoms with Crippen molar-refractivity contribution in [2.75, 3.05) is 25.1 Å². The topological polar surface area (TPSA) is 101 Å². The van der Waals surface area contributed by atoms with E-state index in [2.05, 4.69) is 57.0 Å². The Morgan fingerprint density at radius 3 is 2.58 bits per heavy atom. The summed E-state index contributed by atoms with van der Waals surface area (Å²) in [4.78, 5) is 29.2. The Morgan fingerprint density at radius 1 is 1.05 bits per heavy atom. The lowest BCUT2D eigenvalue weighted by atomic mass is 9.93. The molecule has 0 unspecified atom stereocenters. The normalized spacial score (nSPS) is 14.1. The number of fused-ring (bicyclic) bond motifs is 1. The van der Waals surface area contributed by atoms with Gasteiger partial charge < -0.3 is 16.0 Å². The monoisotopic (exact) mass is 503 g/mol. The van der Waals surface area contributed by atoms with Crippen molar-refractivity contribution in [3.05, 3.63) is 108 Å². The number of nitrogens with two attached hydrogens (primary N) is 1. The second-order valence-electron chi connectivity index (χ2n) is 10.1. The van der Waals surface area contributed by atoms with Crippen molar-refractivity contribution < 1.29 is 4.79 Å². The molecule has 0 saturated heterocycles. The fourth-order valence-electron chi connectivity index (χ4n) is 4.92. The number of carbonyl (C=O) groups excluding carboxylic acids is 1. The summed E-state index contributed by atoms with van der Waals surface area (Å²) in [5, 5.41) is 2.88. The average Bonchev–Trinajstić information content (AvgIpc) is 3.63. The molecule has 8 nitrogen and oxygen atoms in total. The summed E-state index contributed by atoms with van der Waals surface area (Å²) in [5.74, 6) is 0.599. The second kappa shape index (κ2) is 9.39. The molecule has 6 rings (SSSR count). The average molecular weight is 504 g/mol. The van der Waals surface area contributed by atoms with Gasteiger partial charge in [-0.3, -0.25) is 9.20 Å². The molecule has 3 aromatic heterocycles. The third-order valence-electron chi connectivity index (χ3n) is 7.08. The molecule has 0 atom stereocenters. The molecule has 1 saturated carbocycles. The molecule has 190 valence electrons. The number of nitrogens with one attached hydrogen (secondary N) is 1. The molecule has 0 aliphatic heterocycles. The predicted molar refractivity (Wildman–Crippen MR) is 149 cm³/mol. The van der Waals surface area contributed by atoms with Crippen LogP contribution in [-0.4, -0.2) is 44.3 Å². The molecule has 2 aromatic carbocycles. The zero-order valence-corrected chi connectivity index (χ0v) is 21.4. The molecule has 1 aliphatic rings. The quantitative estimate of drug-likeness (QED) is 0.310. The summed E-state index contributed by atoms with van der Waals surface area (Å²) in [6.07, 6.45) is 7.67. The molecule has 38 heavy (non-hydrogen) atoms. The zero-order chi connectivity index (χ0) is 26.3. The summed E-state index contributed by atoms with van der Waals surface area (Å²) in [5.41, 5.74) is 12.4. The van der Waals surface area contributed by atoms with Gasteiger partial charge in [-0.2, -0.15) is 0 Å². The fourth-order valence-corrected chi connectivity index (χ4v) is 4.92. The summed E-state index contributed by atoms with van der Waals surface area (Å²) in [7, 11) is 4.11. The minimum absolute atomic E-state index is 0.195. The zero-order valence-electron chi connectivity index (χ0n) is 21.4. The van der Waals surface area contributed by atoms with E-state index in [1.807, 2.05) is 54.9 Å². The summed E-state index contributed by atoms with van der Waals surface area (Å²) in [6.45, 7) is 0.861.